The first kappa shape index (κ1) is 18.0. The average Bonchev–Trinajstić information content (AvgIpc) is 3.25. The Labute approximate surface area is 170 Å². The number of nitrogens with zero attached hydrogens (tertiary/aromatic N) is 1. The van der Waals surface area contributed by atoms with Crippen molar-refractivity contribution < 1.29 is 9.59 Å². The number of hydrogen-bond donors (Lipinski definition) is 2. The summed E-state index contributed by atoms with van der Waals surface area (Å²) < 4.78 is 0. The number of carbonyl (C=O) groups is 2. The molecule has 2 aliphatic heterocycles. The summed E-state index contributed by atoms with van der Waals surface area (Å²) in [4.78, 5) is 31.6. The van der Waals surface area contributed by atoms with Crippen molar-refractivity contribution in [3.05, 3.63) is 71.9 Å². The van der Waals surface area contributed by atoms with Gasteiger partial charge in [0.1, 0.15) is 6.04 Å². The Morgan fingerprint density at radius 2 is 1.79 bits per heavy atom. The summed E-state index contributed by atoms with van der Waals surface area (Å²) in [7, 11) is 0. The third-order valence-corrected chi connectivity index (χ3v) is 6.42. The molecule has 0 spiro atoms. The minimum absolute atomic E-state index is 0.0202. The largest absolute Gasteiger partial charge is 0.361 e. The molecular formula is C24H25N3O2. The highest BCUT2D eigenvalue weighted by Crippen LogP contribution is 2.43. The van der Waals surface area contributed by atoms with Crippen LogP contribution in [0.2, 0.25) is 0 Å². The number of amides is 2. The molecule has 5 rings (SSSR count). The quantitative estimate of drug-likeness (QED) is 0.721. The number of carbonyl (C=O) groups excluding carboxylic acids is 2. The molecule has 0 radical (unpaired) electrons. The van der Waals surface area contributed by atoms with E-state index in [0.717, 1.165) is 28.5 Å². The van der Waals surface area contributed by atoms with E-state index in [9.17, 15) is 9.59 Å². The van der Waals surface area contributed by atoms with Gasteiger partial charge in [0.15, 0.2) is 0 Å². The third-order valence-electron chi connectivity index (χ3n) is 6.42. The highest BCUT2D eigenvalue weighted by atomic mass is 16.2. The first-order chi connectivity index (χ1) is 14.1. The summed E-state index contributed by atoms with van der Waals surface area (Å²) in [5.74, 6) is 0.326. The van der Waals surface area contributed by atoms with E-state index in [1.165, 1.54) is 0 Å². The number of benzene rings is 2. The monoisotopic (exact) mass is 387 g/mol. The zero-order valence-corrected chi connectivity index (χ0v) is 16.5. The van der Waals surface area contributed by atoms with E-state index >= 15 is 0 Å². The van der Waals surface area contributed by atoms with Gasteiger partial charge in [-0.05, 0) is 29.5 Å². The standard InChI is InChI=1S/C24H25N3O2/c1-15-11-18-13-22(28)26-21(12-17-14-25-20-10-6-5-9-19(17)20)24(29)27(18)23(15)16-7-3-2-4-8-16/h2-10,14-15,18,21,23,25H,11-13H2,1H3,(H,26,28)/t15-,18-,21+,23+/m0/s1. The molecule has 0 unspecified atom stereocenters. The molecule has 3 aromatic rings. The number of aromatic nitrogens is 1. The van der Waals surface area contributed by atoms with Gasteiger partial charge >= 0.3 is 0 Å². The molecule has 2 aliphatic rings. The molecule has 3 heterocycles. The number of H-pyrrole nitrogens is 1. The van der Waals surface area contributed by atoms with Gasteiger partial charge in [0.05, 0.1) is 6.04 Å². The van der Waals surface area contributed by atoms with E-state index in [0.29, 0.717) is 18.8 Å². The second kappa shape index (κ2) is 7.07. The van der Waals surface area contributed by atoms with Crippen molar-refractivity contribution in [3.8, 4) is 0 Å². The maximum absolute atomic E-state index is 13.7. The van der Waals surface area contributed by atoms with Gasteiger partial charge in [0.25, 0.3) is 0 Å². The van der Waals surface area contributed by atoms with Crippen LogP contribution in [0, 0.1) is 5.92 Å². The Morgan fingerprint density at radius 3 is 2.62 bits per heavy atom. The number of nitrogens with one attached hydrogen (secondary N) is 2. The zero-order valence-electron chi connectivity index (χ0n) is 16.5. The minimum Gasteiger partial charge on any atom is -0.361 e. The van der Waals surface area contributed by atoms with Crippen molar-refractivity contribution in [2.24, 2.45) is 5.92 Å². The van der Waals surface area contributed by atoms with Crippen LogP contribution in [0.4, 0.5) is 0 Å². The summed E-state index contributed by atoms with van der Waals surface area (Å²) in [6.07, 6.45) is 3.68. The van der Waals surface area contributed by atoms with Crippen LogP contribution < -0.4 is 5.32 Å². The molecule has 2 fully saturated rings. The molecule has 2 aromatic carbocycles. The van der Waals surface area contributed by atoms with E-state index in [1.54, 1.807) is 0 Å². The minimum atomic E-state index is -0.539. The van der Waals surface area contributed by atoms with Gasteiger partial charge in [-0.3, -0.25) is 9.59 Å². The Balaban J connectivity index is 1.49. The van der Waals surface area contributed by atoms with Gasteiger partial charge in [0.2, 0.25) is 11.8 Å². The Morgan fingerprint density at radius 1 is 1.03 bits per heavy atom. The molecule has 2 saturated heterocycles. The lowest BCUT2D eigenvalue weighted by Crippen LogP contribution is -2.47. The number of fused-ring (bicyclic) bond motifs is 2. The molecule has 148 valence electrons. The van der Waals surface area contributed by atoms with E-state index in [2.05, 4.69) is 35.4 Å². The van der Waals surface area contributed by atoms with Crippen molar-refractivity contribution in [2.75, 3.05) is 0 Å². The second-order valence-corrected chi connectivity index (χ2v) is 8.36. The molecule has 1 aromatic heterocycles. The lowest BCUT2D eigenvalue weighted by atomic mass is 9.94. The van der Waals surface area contributed by atoms with Crippen molar-refractivity contribution in [1.29, 1.82) is 0 Å². The molecule has 29 heavy (non-hydrogen) atoms. The molecule has 0 saturated carbocycles. The highest BCUT2D eigenvalue weighted by Gasteiger charge is 2.47. The van der Waals surface area contributed by atoms with Gasteiger partial charge < -0.3 is 15.2 Å². The maximum Gasteiger partial charge on any atom is 0.246 e. The summed E-state index contributed by atoms with van der Waals surface area (Å²) in [5.41, 5.74) is 3.25. The summed E-state index contributed by atoms with van der Waals surface area (Å²) >= 11 is 0. The van der Waals surface area contributed by atoms with Crippen LogP contribution in [0.3, 0.4) is 0 Å². The fraction of sp³-hybridized carbons (Fsp3) is 0.333. The zero-order chi connectivity index (χ0) is 20.0. The van der Waals surface area contributed by atoms with Crippen LogP contribution in [-0.4, -0.2) is 33.8 Å². The molecule has 5 heteroatoms. The van der Waals surface area contributed by atoms with Gasteiger partial charge in [-0.2, -0.15) is 0 Å². The van der Waals surface area contributed by atoms with E-state index in [1.807, 2.05) is 47.5 Å². The fourth-order valence-electron chi connectivity index (χ4n) is 5.18. The lowest BCUT2D eigenvalue weighted by molar-refractivity contribution is -0.136. The van der Waals surface area contributed by atoms with Crippen molar-refractivity contribution in [3.63, 3.8) is 0 Å². The van der Waals surface area contributed by atoms with Crippen molar-refractivity contribution in [2.45, 2.75) is 44.3 Å². The topological polar surface area (TPSA) is 65.2 Å². The van der Waals surface area contributed by atoms with E-state index in [-0.39, 0.29) is 23.9 Å². The predicted octanol–water partition coefficient (Wildman–Crippen LogP) is 3.58. The van der Waals surface area contributed by atoms with Gasteiger partial charge in [-0.15, -0.1) is 0 Å². The molecular weight excluding hydrogens is 362 g/mol. The molecule has 0 aliphatic carbocycles. The van der Waals surface area contributed by atoms with Crippen LogP contribution in [0.25, 0.3) is 10.9 Å². The summed E-state index contributed by atoms with van der Waals surface area (Å²) in [5, 5.41) is 4.10. The highest BCUT2D eigenvalue weighted by molar-refractivity contribution is 5.92. The third kappa shape index (κ3) is 3.11. The number of hydrogen-bond acceptors (Lipinski definition) is 2. The number of aromatic amines is 1. The summed E-state index contributed by atoms with van der Waals surface area (Å²) in [6.45, 7) is 2.19. The maximum atomic E-state index is 13.7. The molecule has 2 N–H and O–H groups in total. The lowest BCUT2D eigenvalue weighted by Gasteiger charge is -2.32. The SMILES string of the molecule is C[C@H]1C[C@H]2CC(=O)N[C@H](Cc3c[nH]c4ccccc34)C(=O)N2[C@H]1c1ccccc1. The Kier molecular flexibility index (Phi) is 4.38. The second-order valence-electron chi connectivity index (χ2n) is 8.36. The fourth-order valence-corrected chi connectivity index (χ4v) is 5.18. The Hall–Kier alpha value is -3.08. The molecule has 0 bridgehead atoms. The first-order valence-corrected chi connectivity index (χ1v) is 10.3. The van der Waals surface area contributed by atoms with Gasteiger partial charge in [0, 0.05) is 36.0 Å². The smallest absolute Gasteiger partial charge is 0.246 e. The number of rotatable bonds is 3. The van der Waals surface area contributed by atoms with Crippen LogP contribution in [0.1, 0.15) is 36.9 Å². The van der Waals surface area contributed by atoms with E-state index in [4.69, 9.17) is 0 Å². The van der Waals surface area contributed by atoms with E-state index < -0.39 is 6.04 Å². The summed E-state index contributed by atoms with van der Waals surface area (Å²) in [6, 6.07) is 17.7. The number of para-hydroxylation sites is 1. The normalized spacial score (nSPS) is 27.0. The molecule has 5 nitrogen and oxygen atoms in total. The van der Waals surface area contributed by atoms with Gasteiger partial charge in [-0.25, -0.2) is 0 Å². The Bertz CT molecular complexity index is 1060. The molecule has 2 amide bonds. The van der Waals surface area contributed by atoms with Crippen LogP contribution in [0.5, 0.6) is 0 Å². The average molecular weight is 387 g/mol. The first-order valence-electron chi connectivity index (χ1n) is 10.3. The predicted molar refractivity (Wildman–Crippen MR) is 112 cm³/mol. The van der Waals surface area contributed by atoms with Crippen molar-refractivity contribution in [1.82, 2.24) is 15.2 Å². The van der Waals surface area contributed by atoms with Crippen LogP contribution in [-0.2, 0) is 16.0 Å². The van der Waals surface area contributed by atoms with Crippen LogP contribution >= 0.6 is 0 Å². The van der Waals surface area contributed by atoms with Gasteiger partial charge in [-0.1, -0.05) is 55.5 Å². The molecule has 4 atom stereocenters. The van der Waals surface area contributed by atoms with Crippen LogP contribution in [0.15, 0.2) is 60.8 Å². The van der Waals surface area contributed by atoms with Crippen molar-refractivity contribution >= 4 is 22.7 Å².